The summed E-state index contributed by atoms with van der Waals surface area (Å²) in [7, 11) is 0. The number of nitrogens with one attached hydrogen (secondary N) is 2. The van der Waals surface area contributed by atoms with Crippen molar-refractivity contribution in [1.29, 1.82) is 0 Å². The first-order valence-corrected chi connectivity index (χ1v) is 4.73. The van der Waals surface area contributed by atoms with Crippen LogP contribution in [0.4, 0.5) is 11.9 Å². The zero-order valence-electron chi connectivity index (χ0n) is 9.22. The normalized spacial score (nSPS) is 10.2. The first-order chi connectivity index (χ1) is 8.06. The average molecular weight is 234 g/mol. The van der Waals surface area contributed by atoms with Crippen LogP contribution in [0.25, 0.3) is 0 Å². The summed E-state index contributed by atoms with van der Waals surface area (Å²) in [5.74, 6) is -0.439. The van der Waals surface area contributed by atoms with E-state index in [4.69, 9.17) is 5.73 Å². The largest absolute Gasteiger partial charge is 0.366 e. The first-order valence-electron chi connectivity index (χ1n) is 4.73. The molecule has 0 bridgehead atoms. The Labute approximate surface area is 95.9 Å². The summed E-state index contributed by atoms with van der Waals surface area (Å²) in [6.07, 6.45) is 0. The van der Waals surface area contributed by atoms with Crippen LogP contribution in [0.3, 0.4) is 0 Å². The molecule has 17 heavy (non-hydrogen) atoms. The molecule has 1 amide bonds. The Morgan fingerprint density at radius 3 is 2.59 bits per heavy atom. The van der Waals surface area contributed by atoms with Crippen molar-refractivity contribution in [3.8, 4) is 0 Å². The van der Waals surface area contributed by atoms with E-state index >= 15 is 0 Å². The van der Waals surface area contributed by atoms with Gasteiger partial charge in [0.15, 0.2) is 0 Å². The molecule has 0 unspecified atom stereocenters. The van der Waals surface area contributed by atoms with E-state index in [-0.39, 0.29) is 17.7 Å². The molecule has 2 rings (SSSR count). The fourth-order valence-corrected chi connectivity index (χ4v) is 1.05. The number of rotatable bonds is 2. The second-order valence-electron chi connectivity index (χ2n) is 3.30. The predicted molar refractivity (Wildman–Crippen MR) is 58.0 cm³/mol. The lowest BCUT2D eigenvalue weighted by Crippen LogP contribution is -2.17. The number of aromatic nitrogens is 6. The van der Waals surface area contributed by atoms with Gasteiger partial charge in [0, 0.05) is 0 Å². The molecule has 2 aromatic heterocycles. The zero-order chi connectivity index (χ0) is 12.4. The fraction of sp³-hybridized carbons (Fsp3) is 0.250. The Morgan fingerprint density at radius 1 is 1.24 bits per heavy atom. The third-order valence-corrected chi connectivity index (χ3v) is 2.04. The minimum absolute atomic E-state index is 0.00530. The molecule has 0 aliphatic rings. The van der Waals surface area contributed by atoms with Crippen molar-refractivity contribution in [3.63, 3.8) is 0 Å². The molecule has 9 heteroatoms. The van der Waals surface area contributed by atoms with Gasteiger partial charge in [0.2, 0.25) is 17.7 Å². The van der Waals surface area contributed by atoms with Crippen LogP contribution >= 0.6 is 0 Å². The molecule has 2 heterocycles. The van der Waals surface area contributed by atoms with Crippen molar-refractivity contribution in [2.45, 2.75) is 13.8 Å². The molecular formula is C8H10N8O. The highest BCUT2D eigenvalue weighted by atomic mass is 16.2. The third-order valence-electron chi connectivity index (χ3n) is 2.04. The van der Waals surface area contributed by atoms with Crippen LogP contribution in [0, 0.1) is 13.8 Å². The number of amides is 1. The molecule has 88 valence electrons. The summed E-state index contributed by atoms with van der Waals surface area (Å²) < 4.78 is 0. The maximum Gasteiger partial charge on any atom is 0.295 e. The second-order valence-corrected chi connectivity index (χ2v) is 3.30. The van der Waals surface area contributed by atoms with E-state index in [1.165, 1.54) is 0 Å². The van der Waals surface area contributed by atoms with E-state index < -0.39 is 5.91 Å². The van der Waals surface area contributed by atoms with Gasteiger partial charge in [-0.2, -0.15) is 10.1 Å². The highest BCUT2D eigenvalue weighted by Crippen LogP contribution is 2.03. The van der Waals surface area contributed by atoms with Crippen molar-refractivity contribution in [2.75, 3.05) is 11.1 Å². The van der Waals surface area contributed by atoms with Crippen LogP contribution in [-0.2, 0) is 0 Å². The molecule has 0 radical (unpaired) electrons. The number of hydrogen-bond acceptors (Lipinski definition) is 7. The zero-order valence-corrected chi connectivity index (χ0v) is 9.22. The lowest BCUT2D eigenvalue weighted by molar-refractivity contribution is 0.101. The van der Waals surface area contributed by atoms with Crippen molar-refractivity contribution in [1.82, 2.24) is 30.4 Å². The SMILES string of the molecule is Cc1nnc(NC(=O)c2nc(N)n[nH]2)nc1C. The first kappa shape index (κ1) is 10.9. The van der Waals surface area contributed by atoms with E-state index in [0.29, 0.717) is 11.4 Å². The molecule has 0 aliphatic heterocycles. The predicted octanol–water partition coefficient (Wildman–Crippen LogP) is -0.559. The summed E-state index contributed by atoms with van der Waals surface area (Å²) >= 11 is 0. The highest BCUT2D eigenvalue weighted by Gasteiger charge is 2.12. The number of H-pyrrole nitrogens is 1. The molecular weight excluding hydrogens is 224 g/mol. The molecule has 4 N–H and O–H groups in total. The number of hydrogen-bond donors (Lipinski definition) is 3. The Morgan fingerprint density at radius 2 is 2.00 bits per heavy atom. The molecule has 0 aliphatic carbocycles. The van der Waals surface area contributed by atoms with Crippen LogP contribution in [-0.4, -0.2) is 36.3 Å². The van der Waals surface area contributed by atoms with Gasteiger partial charge in [0.25, 0.3) is 5.91 Å². The number of aryl methyl sites for hydroxylation is 2. The maximum absolute atomic E-state index is 11.6. The Kier molecular flexibility index (Phi) is 2.65. The Bertz CT molecular complexity index is 562. The fourth-order valence-electron chi connectivity index (χ4n) is 1.05. The monoisotopic (exact) mass is 234 g/mol. The Balaban J connectivity index is 2.15. The highest BCUT2D eigenvalue weighted by molar-refractivity contribution is 6.00. The molecule has 0 spiro atoms. The summed E-state index contributed by atoms with van der Waals surface area (Å²) in [6, 6.07) is 0. The molecule has 0 saturated carbocycles. The smallest absolute Gasteiger partial charge is 0.295 e. The summed E-state index contributed by atoms with van der Waals surface area (Å²) in [6.45, 7) is 3.55. The summed E-state index contributed by atoms with van der Waals surface area (Å²) in [4.78, 5) is 19.3. The maximum atomic E-state index is 11.6. The molecule has 2 aromatic rings. The van der Waals surface area contributed by atoms with Gasteiger partial charge in [-0.25, -0.2) is 4.98 Å². The van der Waals surface area contributed by atoms with E-state index in [2.05, 4.69) is 35.7 Å². The van der Waals surface area contributed by atoms with Crippen LogP contribution in [0.2, 0.25) is 0 Å². The summed E-state index contributed by atoms with van der Waals surface area (Å²) in [5.41, 5.74) is 6.66. The number of nitrogen functional groups attached to an aromatic ring is 1. The third kappa shape index (κ3) is 2.33. The molecule has 0 atom stereocenters. The molecule has 9 nitrogen and oxygen atoms in total. The topological polar surface area (TPSA) is 135 Å². The van der Waals surface area contributed by atoms with Gasteiger partial charge in [-0.05, 0) is 13.8 Å². The Hall–Kier alpha value is -2.58. The summed E-state index contributed by atoms with van der Waals surface area (Å²) in [5, 5.41) is 15.9. The second kappa shape index (κ2) is 4.12. The number of nitrogens with two attached hydrogens (primary N) is 1. The molecule has 0 fully saturated rings. The van der Waals surface area contributed by atoms with Gasteiger partial charge in [-0.1, -0.05) is 0 Å². The quantitative estimate of drug-likeness (QED) is 0.633. The number of carbonyl (C=O) groups excluding carboxylic acids is 1. The van der Waals surface area contributed by atoms with Gasteiger partial charge in [-0.3, -0.25) is 15.2 Å². The minimum Gasteiger partial charge on any atom is -0.366 e. The standard InChI is InChI=1S/C8H10N8O/c1-3-4(2)13-16-8(10-3)12-6(17)5-11-7(9)15-14-5/h1-2H3,(H3,9,11,14,15)(H,10,12,16,17). The van der Waals surface area contributed by atoms with Crippen molar-refractivity contribution in [3.05, 3.63) is 17.2 Å². The van der Waals surface area contributed by atoms with Gasteiger partial charge < -0.3 is 5.73 Å². The molecule has 0 aromatic carbocycles. The van der Waals surface area contributed by atoms with Gasteiger partial charge >= 0.3 is 0 Å². The number of aromatic amines is 1. The number of anilines is 2. The molecule has 0 saturated heterocycles. The van der Waals surface area contributed by atoms with E-state index in [1.54, 1.807) is 13.8 Å². The number of carbonyl (C=O) groups is 1. The lowest BCUT2D eigenvalue weighted by Gasteiger charge is -2.02. The van der Waals surface area contributed by atoms with Crippen molar-refractivity contribution >= 4 is 17.8 Å². The van der Waals surface area contributed by atoms with Gasteiger partial charge in [0.1, 0.15) is 0 Å². The van der Waals surface area contributed by atoms with Crippen LogP contribution in [0.5, 0.6) is 0 Å². The van der Waals surface area contributed by atoms with E-state index in [9.17, 15) is 4.79 Å². The van der Waals surface area contributed by atoms with Crippen LogP contribution in [0.15, 0.2) is 0 Å². The number of nitrogens with zero attached hydrogens (tertiary/aromatic N) is 5. The van der Waals surface area contributed by atoms with E-state index in [1.807, 2.05) is 0 Å². The van der Waals surface area contributed by atoms with Crippen LogP contribution in [0.1, 0.15) is 22.0 Å². The van der Waals surface area contributed by atoms with Crippen LogP contribution < -0.4 is 11.1 Å². The van der Waals surface area contributed by atoms with Gasteiger partial charge in [-0.15, -0.1) is 10.2 Å². The average Bonchev–Trinajstić information content (AvgIpc) is 2.70. The van der Waals surface area contributed by atoms with Gasteiger partial charge in [0.05, 0.1) is 11.4 Å². The van der Waals surface area contributed by atoms with E-state index in [0.717, 1.165) is 0 Å². The lowest BCUT2D eigenvalue weighted by atomic mass is 10.4. The van der Waals surface area contributed by atoms with Crippen molar-refractivity contribution < 1.29 is 4.79 Å². The van der Waals surface area contributed by atoms with Crippen molar-refractivity contribution in [2.24, 2.45) is 0 Å². The minimum atomic E-state index is -0.528.